The third-order valence-corrected chi connectivity index (χ3v) is 2.93. The summed E-state index contributed by atoms with van der Waals surface area (Å²) in [5.41, 5.74) is 1.69. The highest BCUT2D eigenvalue weighted by Gasteiger charge is 2.29. The molecule has 1 aromatic carbocycles. The average molecular weight is 228 g/mol. The minimum atomic E-state index is -0.406. The first-order valence-electron chi connectivity index (χ1n) is 5.51. The Morgan fingerprint density at radius 1 is 1.47 bits per heavy atom. The minimum absolute atomic E-state index is 0.00528. The van der Waals surface area contributed by atoms with Crippen molar-refractivity contribution >= 4 is 5.78 Å². The summed E-state index contributed by atoms with van der Waals surface area (Å²) in [5.74, 6) is 0.809. The molecule has 86 valence electrons. The molecule has 0 bridgehead atoms. The van der Waals surface area contributed by atoms with Gasteiger partial charge < -0.3 is 4.74 Å². The van der Waals surface area contributed by atoms with Gasteiger partial charge >= 0.3 is 0 Å². The first-order valence-corrected chi connectivity index (χ1v) is 5.51. The lowest BCUT2D eigenvalue weighted by molar-refractivity contribution is 0.0824. The number of nitrogens with zero attached hydrogens (tertiary/aromatic N) is 2. The maximum absolute atomic E-state index is 12.2. The molecule has 0 spiro atoms. The second-order valence-electron chi connectivity index (χ2n) is 4.19. The predicted octanol–water partition coefficient (Wildman–Crippen LogP) is 1.61. The molecule has 1 atom stereocenters. The number of ether oxygens (including phenoxy) is 1. The summed E-state index contributed by atoms with van der Waals surface area (Å²) in [6.07, 6.45) is 3.53. The Bertz CT molecular complexity index is 549. The standard InChI is InChI=1S/C13H12N2O2/c1-15-8-10(7-14-15)13(16)12-6-9-4-2-3-5-11(9)17-12/h2-5,7-8,12H,6H2,1H3. The number of benzene rings is 1. The van der Waals surface area contributed by atoms with Crippen LogP contribution >= 0.6 is 0 Å². The zero-order chi connectivity index (χ0) is 11.8. The van der Waals surface area contributed by atoms with Crippen molar-refractivity contribution in [3.8, 4) is 5.75 Å². The predicted molar refractivity (Wildman–Crippen MR) is 62.1 cm³/mol. The number of hydrogen-bond acceptors (Lipinski definition) is 3. The lowest BCUT2D eigenvalue weighted by atomic mass is 10.0. The number of carbonyl (C=O) groups excluding carboxylic acids is 1. The zero-order valence-corrected chi connectivity index (χ0v) is 9.46. The van der Waals surface area contributed by atoms with Crippen LogP contribution in [0.2, 0.25) is 0 Å². The molecule has 0 amide bonds. The van der Waals surface area contributed by atoms with E-state index in [2.05, 4.69) is 5.10 Å². The van der Waals surface area contributed by atoms with E-state index in [0.717, 1.165) is 11.3 Å². The number of carbonyl (C=O) groups is 1. The van der Waals surface area contributed by atoms with Crippen LogP contribution in [0.4, 0.5) is 0 Å². The summed E-state index contributed by atoms with van der Waals surface area (Å²) in [6.45, 7) is 0. The molecule has 17 heavy (non-hydrogen) atoms. The maximum Gasteiger partial charge on any atom is 0.206 e. The molecule has 3 rings (SSSR count). The van der Waals surface area contributed by atoms with Gasteiger partial charge in [0.25, 0.3) is 0 Å². The van der Waals surface area contributed by atoms with Crippen LogP contribution in [0.5, 0.6) is 5.75 Å². The van der Waals surface area contributed by atoms with Crippen molar-refractivity contribution in [1.29, 1.82) is 0 Å². The number of rotatable bonds is 2. The molecule has 1 aromatic heterocycles. The van der Waals surface area contributed by atoms with Crippen LogP contribution in [-0.2, 0) is 13.5 Å². The molecule has 2 aromatic rings. The number of Topliss-reactive ketones (excluding diaryl/α,β-unsaturated/α-hetero) is 1. The smallest absolute Gasteiger partial charge is 0.206 e. The van der Waals surface area contributed by atoms with E-state index >= 15 is 0 Å². The Balaban J connectivity index is 1.83. The summed E-state index contributed by atoms with van der Waals surface area (Å²) < 4.78 is 7.27. The van der Waals surface area contributed by atoms with Crippen molar-refractivity contribution in [3.05, 3.63) is 47.8 Å². The normalized spacial score (nSPS) is 17.6. The van der Waals surface area contributed by atoms with E-state index in [-0.39, 0.29) is 5.78 Å². The highest BCUT2D eigenvalue weighted by Crippen LogP contribution is 2.29. The number of fused-ring (bicyclic) bond motifs is 1. The van der Waals surface area contributed by atoms with E-state index in [0.29, 0.717) is 12.0 Å². The van der Waals surface area contributed by atoms with Crippen molar-refractivity contribution in [1.82, 2.24) is 9.78 Å². The molecule has 0 fully saturated rings. The largest absolute Gasteiger partial charge is 0.482 e. The third-order valence-electron chi connectivity index (χ3n) is 2.93. The molecule has 0 saturated heterocycles. The quantitative estimate of drug-likeness (QED) is 0.733. The van der Waals surface area contributed by atoms with Gasteiger partial charge in [0, 0.05) is 19.7 Å². The number of aromatic nitrogens is 2. The summed E-state index contributed by atoms with van der Waals surface area (Å²) in [6, 6.07) is 7.76. The lowest BCUT2D eigenvalue weighted by Gasteiger charge is -2.07. The van der Waals surface area contributed by atoms with Crippen LogP contribution in [0.1, 0.15) is 15.9 Å². The molecule has 0 N–H and O–H groups in total. The van der Waals surface area contributed by atoms with Crippen LogP contribution in [0.3, 0.4) is 0 Å². The molecule has 1 aliphatic heterocycles. The van der Waals surface area contributed by atoms with Gasteiger partial charge in [-0.3, -0.25) is 9.48 Å². The van der Waals surface area contributed by atoms with E-state index in [1.807, 2.05) is 24.3 Å². The minimum Gasteiger partial charge on any atom is -0.482 e. The molecular formula is C13H12N2O2. The molecule has 2 heterocycles. The molecule has 0 saturated carbocycles. The fourth-order valence-electron chi connectivity index (χ4n) is 2.06. The summed E-state index contributed by atoms with van der Waals surface area (Å²) in [7, 11) is 1.79. The SMILES string of the molecule is Cn1cc(C(=O)C2Cc3ccccc3O2)cn1. The second-order valence-corrected chi connectivity index (χ2v) is 4.19. The lowest BCUT2D eigenvalue weighted by Crippen LogP contribution is -2.24. The van der Waals surface area contributed by atoms with E-state index in [1.54, 1.807) is 24.1 Å². The highest BCUT2D eigenvalue weighted by molar-refractivity contribution is 5.99. The van der Waals surface area contributed by atoms with Gasteiger partial charge in [0.05, 0.1) is 11.8 Å². The monoisotopic (exact) mass is 228 g/mol. The van der Waals surface area contributed by atoms with E-state index in [4.69, 9.17) is 4.74 Å². The molecule has 0 radical (unpaired) electrons. The van der Waals surface area contributed by atoms with Gasteiger partial charge in [-0.2, -0.15) is 5.10 Å². The number of aryl methyl sites for hydroxylation is 1. The Morgan fingerprint density at radius 3 is 3.00 bits per heavy atom. The molecule has 0 aliphatic carbocycles. The van der Waals surface area contributed by atoms with Crippen LogP contribution in [0.15, 0.2) is 36.7 Å². The third kappa shape index (κ3) is 1.71. The fraction of sp³-hybridized carbons (Fsp3) is 0.231. The van der Waals surface area contributed by atoms with Crippen molar-refractivity contribution in [2.24, 2.45) is 7.05 Å². The topological polar surface area (TPSA) is 44.1 Å². The van der Waals surface area contributed by atoms with Crippen molar-refractivity contribution in [3.63, 3.8) is 0 Å². The van der Waals surface area contributed by atoms with Gasteiger partial charge in [-0.25, -0.2) is 0 Å². The van der Waals surface area contributed by atoms with Gasteiger partial charge in [0.1, 0.15) is 5.75 Å². The van der Waals surface area contributed by atoms with Crippen molar-refractivity contribution in [2.75, 3.05) is 0 Å². The average Bonchev–Trinajstić information content (AvgIpc) is 2.93. The van der Waals surface area contributed by atoms with Gasteiger partial charge in [0.15, 0.2) is 6.10 Å². The fourth-order valence-corrected chi connectivity index (χ4v) is 2.06. The van der Waals surface area contributed by atoms with Gasteiger partial charge in [-0.15, -0.1) is 0 Å². The number of para-hydroxylation sites is 1. The molecular weight excluding hydrogens is 216 g/mol. The molecule has 1 aliphatic rings. The Morgan fingerprint density at radius 2 is 2.29 bits per heavy atom. The van der Waals surface area contributed by atoms with Crippen LogP contribution < -0.4 is 4.74 Å². The van der Waals surface area contributed by atoms with Crippen molar-refractivity contribution in [2.45, 2.75) is 12.5 Å². The zero-order valence-electron chi connectivity index (χ0n) is 9.46. The number of ketones is 1. The van der Waals surface area contributed by atoms with Crippen LogP contribution in [0, 0.1) is 0 Å². The molecule has 4 heteroatoms. The maximum atomic E-state index is 12.2. The summed E-state index contributed by atoms with van der Waals surface area (Å²) in [4.78, 5) is 12.2. The molecule has 1 unspecified atom stereocenters. The van der Waals surface area contributed by atoms with Crippen LogP contribution in [0.25, 0.3) is 0 Å². The van der Waals surface area contributed by atoms with Gasteiger partial charge in [0.2, 0.25) is 5.78 Å². The summed E-state index contributed by atoms with van der Waals surface area (Å²) in [5, 5.41) is 4.00. The van der Waals surface area contributed by atoms with Gasteiger partial charge in [-0.05, 0) is 11.6 Å². The Kier molecular flexibility index (Phi) is 2.21. The second kappa shape index (κ2) is 3.73. The van der Waals surface area contributed by atoms with Crippen molar-refractivity contribution < 1.29 is 9.53 Å². The Hall–Kier alpha value is -2.10. The van der Waals surface area contributed by atoms with Gasteiger partial charge in [-0.1, -0.05) is 18.2 Å². The van der Waals surface area contributed by atoms with E-state index < -0.39 is 6.10 Å². The van der Waals surface area contributed by atoms with E-state index in [9.17, 15) is 4.79 Å². The highest BCUT2D eigenvalue weighted by atomic mass is 16.5. The first-order chi connectivity index (χ1) is 8.24. The Labute approximate surface area is 98.8 Å². The first kappa shape index (κ1) is 10.1. The van der Waals surface area contributed by atoms with Crippen LogP contribution in [-0.4, -0.2) is 21.7 Å². The molecule has 4 nitrogen and oxygen atoms in total. The summed E-state index contributed by atoms with van der Waals surface area (Å²) >= 11 is 0. The van der Waals surface area contributed by atoms with E-state index in [1.165, 1.54) is 0 Å². The number of hydrogen-bond donors (Lipinski definition) is 0.